The Labute approximate surface area is 119 Å². The van der Waals surface area contributed by atoms with E-state index in [4.69, 9.17) is 6.57 Å². The van der Waals surface area contributed by atoms with Crippen LogP contribution in [-0.4, -0.2) is 32.5 Å². The standard InChI is InChI=1S/C12H14N4O2S.CH4/c1-13-9-6-11-12(14-7-9)16-5-3-2-4-10(16)8-15-19(11,17)18;/h6-7,10,15H,2-5,8H2;1H4/t10-;/m1./s1. The smallest absolute Gasteiger partial charge is 0.243 e. The van der Waals surface area contributed by atoms with Crippen molar-refractivity contribution in [1.29, 1.82) is 0 Å². The van der Waals surface area contributed by atoms with Gasteiger partial charge >= 0.3 is 0 Å². The highest BCUT2D eigenvalue weighted by Gasteiger charge is 2.33. The number of nitrogens with one attached hydrogen (secondary N) is 1. The lowest BCUT2D eigenvalue weighted by molar-refractivity contribution is 0.454. The zero-order chi connectivity index (χ0) is 13.5. The number of hydrogen-bond donors (Lipinski definition) is 1. The normalized spacial score (nSPS) is 23.6. The highest BCUT2D eigenvalue weighted by atomic mass is 32.2. The van der Waals surface area contributed by atoms with Crippen LogP contribution in [0.15, 0.2) is 17.2 Å². The molecule has 3 heterocycles. The van der Waals surface area contributed by atoms with E-state index in [-0.39, 0.29) is 24.1 Å². The van der Waals surface area contributed by atoms with Crippen molar-refractivity contribution in [3.63, 3.8) is 0 Å². The Morgan fingerprint density at radius 1 is 1.45 bits per heavy atom. The van der Waals surface area contributed by atoms with E-state index in [1.54, 1.807) is 0 Å². The van der Waals surface area contributed by atoms with Gasteiger partial charge in [0.1, 0.15) is 10.7 Å². The number of hydrogen-bond acceptors (Lipinski definition) is 4. The molecule has 1 atom stereocenters. The molecule has 3 rings (SSSR count). The average Bonchev–Trinajstić information content (AvgIpc) is 2.55. The third-order valence-corrected chi connectivity index (χ3v) is 5.07. The molecule has 108 valence electrons. The van der Waals surface area contributed by atoms with Crippen LogP contribution in [0, 0.1) is 6.57 Å². The van der Waals surface area contributed by atoms with Crippen molar-refractivity contribution in [1.82, 2.24) is 9.71 Å². The molecule has 20 heavy (non-hydrogen) atoms. The Balaban J connectivity index is 0.00000147. The van der Waals surface area contributed by atoms with Crippen molar-refractivity contribution in [3.05, 3.63) is 23.7 Å². The molecule has 7 heteroatoms. The van der Waals surface area contributed by atoms with Crippen LogP contribution in [-0.2, 0) is 10.0 Å². The summed E-state index contributed by atoms with van der Waals surface area (Å²) in [5, 5.41) is 0. The molecule has 0 aliphatic carbocycles. The average molecular weight is 294 g/mol. The van der Waals surface area contributed by atoms with Gasteiger partial charge in [0.15, 0.2) is 0 Å². The largest absolute Gasteiger partial charge is 0.351 e. The molecule has 0 spiro atoms. The lowest BCUT2D eigenvalue weighted by Crippen LogP contribution is -2.44. The minimum absolute atomic E-state index is 0. The van der Waals surface area contributed by atoms with Crippen LogP contribution in [0.5, 0.6) is 0 Å². The summed E-state index contributed by atoms with van der Waals surface area (Å²) in [6.45, 7) is 8.21. The molecule has 2 aliphatic rings. The first-order chi connectivity index (χ1) is 9.12. The molecular weight excluding hydrogens is 276 g/mol. The molecule has 1 fully saturated rings. The predicted molar refractivity (Wildman–Crippen MR) is 77.4 cm³/mol. The number of sulfonamides is 1. The summed E-state index contributed by atoms with van der Waals surface area (Å²) in [5.41, 5.74) is 0.250. The van der Waals surface area contributed by atoms with E-state index in [9.17, 15) is 8.42 Å². The molecule has 0 bridgehead atoms. The minimum atomic E-state index is -3.57. The number of rotatable bonds is 0. The SMILES string of the molecule is C.[C-]#[N+]c1cnc2c(c1)S(=O)(=O)NC[C@H]1CCCCN21. The van der Waals surface area contributed by atoms with Crippen molar-refractivity contribution >= 4 is 21.5 Å². The first-order valence-electron chi connectivity index (χ1n) is 6.25. The van der Waals surface area contributed by atoms with Crippen LogP contribution in [0.4, 0.5) is 11.5 Å². The molecule has 0 aromatic carbocycles. The summed E-state index contributed by atoms with van der Waals surface area (Å²) in [4.78, 5) is 9.67. The molecule has 0 unspecified atom stereocenters. The van der Waals surface area contributed by atoms with E-state index < -0.39 is 10.0 Å². The second-order valence-electron chi connectivity index (χ2n) is 4.82. The summed E-state index contributed by atoms with van der Waals surface area (Å²) < 4.78 is 27.1. The molecular formula is C13H18N4O2S. The minimum Gasteiger partial charge on any atom is -0.351 e. The molecule has 0 saturated carbocycles. The van der Waals surface area contributed by atoms with Gasteiger partial charge in [-0.1, -0.05) is 7.43 Å². The zero-order valence-corrected chi connectivity index (χ0v) is 11.2. The van der Waals surface area contributed by atoms with E-state index in [0.29, 0.717) is 12.4 Å². The summed E-state index contributed by atoms with van der Waals surface area (Å²) in [7, 11) is -3.57. The van der Waals surface area contributed by atoms with Crippen LogP contribution in [0.1, 0.15) is 26.7 Å². The molecule has 1 aromatic heterocycles. The molecule has 1 N–H and O–H groups in total. The van der Waals surface area contributed by atoms with Crippen molar-refractivity contribution in [2.24, 2.45) is 0 Å². The number of fused-ring (bicyclic) bond motifs is 3. The second kappa shape index (κ2) is 5.38. The van der Waals surface area contributed by atoms with E-state index in [1.165, 1.54) is 12.3 Å². The van der Waals surface area contributed by atoms with Crippen LogP contribution in [0.2, 0.25) is 0 Å². The highest BCUT2D eigenvalue weighted by Crippen LogP contribution is 2.33. The van der Waals surface area contributed by atoms with Gasteiger partial charge in [-0.2, -0.15) is 0 Å². The Morgan fingerprint density at radius 2 is 2.25 bits per heavy atom. The van der Waals surface area contributed by atoms with Crippen molar-refractivity contribution in [2.45, 2.75) is 37.6 Å². The lowest BCUT2D eigenvalue weighted by atomic mass is 10.0. The number of piperidine rings is 1. The maximum Gasteiger partial charge on any atom is 0.243 e. The van der Waals surface area contributed by atoms with E-state index >= 15 is 0 Å². The third kappa shape index (κ3) is 2.37. The molecule has 2 aliphatic heterocycles. The number of nitrogens with zero attached hydrogens (tertiary/aromatic N) is 3. The molecule has 0 radical (unpaired) electrons. The van der Waals surface area contributed by atoms with Crippen molar-refractivity contribution in [2.75, 3.05) is 18.0 Å². The van der Waals surface area contributed by atoms with Gasteiger partial charge in [0.25, 0.3) is 0 Å². The van der Waals surface area contributed by atoms with Crippen molar-refractivity contribution < 1.29 is 8.42 Å². The number of aromatic nitrogens is 1. The topological polar surface area (TPSA) is 66.7 Å². The number of anilines is 1. The lowest BCUT2D eigenvalue weighted by Gasteiger charge is -2.35. The fourth-order valence-corrected chi connectivity index (χ4v) is 3.93. The number of pyridine rings is 1. The predicted octanol–water partition coefficient (Wildman–Crippen LogP) is 1.92. The van der Waals surface area contributed by atoms with Crippen molar-refractivity contribution in [3.8, 4) is 0 Å². The first kappa shape index (κ1) is 14.8. The third-order valence-electron chi connectivity index (χ3n) is 3.65. The zero-order valence-electron chi connectivity index (χ0n) is 10.3. The fourth-order valence-electron chi connectivity index (χ4n) is 2.68. The quantitative estimate of drug-likeness (QED) is 0.742. The Kier molecular flexibility index (Phi) is 3.97. The Bertz CT molecular complexity index is 651. The molecule has 6 nitrogen and oxygen atoms in total. The highest BCUT2D eigenvalue weighted by molar-refractivity contribution is 7.89. The van der Waals surface area contributed by atoms with Gasteiger partial charge in [-0.3, -0.25) is 0 Å². The van der Waals surface area contributed by atoms with Gasteiger partial charge in [0.05, 0.1) is 6.57 Å². The van der Waals surface area contributed by atoms with Crippen LogP contribution >= 0.6 is 0 Å². The molecule has 1 aromatic rings. The monoisotopic (exact) mass is 294 g/mol. The molecule has 0 amide bonds. The Hall–Kier alpha value is -1.65. The van der Waals surface area contributed by atoms with Gasteiger partial charge in [-0.15, -0.1) is 0 Å². The Morgan fingerprint density at radius 3 is 3.00 bits per heavy atom. The second-order valence-corrected chi connectivity index (χ2v) is 6.56. The van der Waals surface area contributed by atoms with Gasteiger partial charge < -0.3 is 4.90 Å². The summed E-state index contributed by atoms with van der Waals surface area (Å²) in [5.74, 6) is 0.488. The van der Waals surface area contributed by atoms with Gasteiger partial charge in [0.2, 0.25) is 15.7 Å². The van der Waals surface area contributed by atoms with Crippen LogP contribution in [0.3, 0.4) is 0 Å². The maximum atomic E-state index is 12.2. The fraction of sp³-hybridized carbons (Fsp3) is 0.538. The van der Waals surface area contributed by atoms with Crippen LogP contribution < -0.4 is 9.62 Å². The first-order valence-corrected chi connectivity index (χ1v) is 7.74. The summed E-state index contributed by atoms with van der Waals surface area (Å²) in [6, 6.07) is 1.57. The van der Waals surface area contributed by atoms with Gasteiger partial charge in [0, 0.05) is 25.3 Å². The summed E-state index contributed by atoms with van der Waals surface area (Å²) >= 11 is 0. The van der Waals surface area contributed by atoms with Gasteiger partial charge in [-0.25, -0.2) is 23.0 Å². The van der Waals surface area contributed by atoms with Crippen LogP contribution in [0.25, 0.3) is 4.85 Å². The van der Waals surface area contributed by atoms with E-state index in [1.807, 2.05) is 0 Å². The van der Waals surface area contributed by atoms with Gasteiger partial charge in [-0.05, 0) is 25.3 Å². The summed E-state index contributed by atoms with van der Waals surface area (Å²) in [6.07, 6.45) is 4.56. The molecule has 1 saturated heterocycles. The maximum absolute atomic E-state index is 12.2. The van der Waals surface area contributed by atoms with E-state index in [2.05, 4.69) is 19.5 Å². The van der Waals surface area contributed by atoms with E-state index in [0.717, 1.165) is 25.8 Å².